The van der Waals surface area contributed by atoms with E-state index in [1.54, 1.807) is 9.80 Å². The topological polar surface area (TPSA) is 79.0 Å². The fourth-order valence-electron chi connectivity index (χ4n) is 4.20. The number of aryl methyl sites for hydroxylation is 1. The molecule has 0 radical (unpaired) electrons. The van der Waals surface area contributed by atoms with Gasteiger partial charge in [0, 0.05) is 39.3 Å². The second-order valence-corrected chi connectivity index (χ2v) is 8.41. The van der Waals surface area contributed by atoms with Gasteiger partial charge in [-0.05, 0) is 36.8 Å². The zero-order valence-corrected chi connectivity index (χ0v) is 17.4. The molecule has 1 aromatic rings. The molecule has 3 amide bonds. The molecule has 2 atom stereocenters. The number of hydrogen-bond acceptors (Lipinski definition) is 5. The van der Waals surface area contributed by atoms with E-state index in [-0.39, 0.29) is 36.3 Å². The lowest BCUT2D eigenvalue weighted by Gasteiger charge is -2.41. The van der Waals surface area contributed by atoms with Crippen LogP contribution in [0.2, 0.25) is 0 Å². The van der Waals surface area contributed by atoms with E-state index in [9.17, 15) is 14.4 Å². The lowest BCUT2D eigenvalue weighted by molar-refractivity contribution is -0.142. The van der Waals surface area contributed by atoms with Crippen LogP contribution >= 0.6 is 11.3 Å². The van der Waals surface area contributed by atoms with E-state index < -0.39 is 0 Å². The molecule has 3 rings (SSSR count). The Labute approximate surface area is 170 Å². The molecule has 1 aliphatic carbocycles. The maximum atomic E-state index is 13.0. The van der Waals surface area contributed by atoms with Crippen LogP contribution in [0.25, 0.3) is 0 Å². The van der Waals surface area contributed by atoms with Gasteiger partial charge < -0.3 is 19.9 Å². The van der Waals surface area contributed by atoms with Crippen molar-refractivity contribution in [3.8, 4) is 0 Å². The summed E-state index contributed by atoms with van der Waals surface area (Å²) in [4.78, 5) is 42.8. The first-order valence-electron chi connectivity index (χ1n) is 9.92. The first-order chi connectivity index (χ1) is 13.5. The third-order valence-electron chi connectivity index (χ3n) is 5.69. The Bertz CT molecular complexity index is 720. The standard InChI is InChI=1S/C20H29N3O4S/c1-14-7-12-28-18(14)20(26)22-9-8-21-19(25)15-5-3-4-6-16(15)23(11-10-22)17(24)13-27-2/h7,12,15-16H,3-6,8-11,13H2,1-2H3,(H,21,25)/t15-,16+/m0/s1. The average molecular weight is 408 g/mol. The maximum Gasteiger partial charge on any atom is 0.264 e. The number of hydrogen-bond donors (Lipinski definition) is 1. The summed E-state index contributed by atoms with van der Waals surface area (Å²) >= 11 is 1.43. The quantitative estimate of drug-likeness (QED) is 0.827. The van der Waals surface area contributed by atoms with Crippen LogP contribution in [0.15, 0.2) is 11.4 Å². The van der Waals surface area contributed by atoms with E-state index >= 15 is 0 Å². The summed E-state index contributed by atoms with van der Waals surface area (Å²) in [6.07, 6.45) is 3.61. The number of amides is 3. The molecule has 28 heavy (non-hydrogen) atoms. The van der Waals surface area contributed by atoms with Gasteiger partial charge >= 0.3 is 0 Å². The minimum absolute atomic E-state index is 0.0111. The maximum absolute atomic E-state index is 13.0. The number of methoxy groups -OCH3 is 1. The molecule has 2 heterocycles. The Hall–Kier alpha value is -1.93. The number of thiophene rings is 1. The Morgan fingerprint density at radius 1 is 1.25 bits per heavy atom. The lowest BCUT2D eigenvalue weighted by Crippen LogP contribution is -2.56. The number of carbonyl (C=O) groups excluding carboxylic acids is 3. The van der Waals surface area contributed by atoms with Crippen LogP contribution in [0.5, 0.6) is 0 Å². The van der Waals surface area contributed by atoms with Crippen LogP contribution in [0.3, 0.4) is 0 Å². The molecule has 1 N–H and O–H groups in total. The number of fused-ring (bicyclic) bond motifs is 1. The Balaban J connectivity index is 1.83. The van der Waals surface area contributed by atoms with Gasteiger partial charge in [-0.3, -0.25) is 14.4 Å². The van der Waals surface area contributed by atoms with Gasteiger partial charge in [-0.1, -0.05) is 12.8 Å². The number of ether oxygens (including phenoxy) is 1. The van der Waals surface area contributed by atoms with E-state index in [1.165, 1.54) is 18.4 Å². The molecule has 154 valence electrons. The predicted octanol–water partition coefficient (Wildman–Crippen LogP) is 1.66. The summed E-state index contributed by atoms with van der Waals surface area (Å²) < 4.78 is 5.07. The molecule has 7 nitrogen and oxygen atoms in total. The highest BCUT2D eigenvalue weighted by atomic mass is 32.1. The summed E-state index contributed by atoms with van der Waals surface area (Å²) in [6.45, 7) is 3.66. The minimum Gasteiger partial charge on any atom is -0.375 e. The molecule has 1 aliphatic heterocycles. The van der Waals surface area contributed by atoms with Crippen molar-refractivity contribution < 1.29 is 19.1 Å². The molecule has 1 aromatic heterocycles. The zero-order chi connectivity index (χ0) is 20.1. The van der Waals surface area contributed by atoms with Gasteiger partial charge in [0.1, 0.15) is 6.61 Å². The van der Waals surface area contributed by atoms with E-state index in [0.717, 1.165) is 31.2 Å². The van der Waals surface area contributed by atoms with Crippen molar-refractivity contribution in [3.63, 3.8) is 0 Å². The Kier molecular flexibility index (Phi) is 7.07. The van der Waals surface area contributed by atoms with E-state index in [4.69, 9.17) is 4.74 Å². The van der Waals surface area contributed by atoms with Crippen molar-refractivity contribution in [2.24, 2.45) is 5.92 Å². The molecular weight excluding hydrogens is 378 g/mol. The summed E-state index contributed by atoms with van der Waals surface area (Å²) in [5.74, 6) is -0.355. The molecule has 0 unspecified atom stereocenters. The van der Waals surface area contributed by atoms with E-state index in [1.807, 2.05) is 18.4 Å². The minimum atomic E-state index is -0.184. The first-order valence-corrected chi connectivity index (χ1v) is 10.8. The second-order valence-electron chi connectivity index (χ2n) is 7.49. The molecule has 2 aliphatic rings. The van der Waals surface area contributed by atoms with Crippen molar-refractivity contribution in [3.05, 3.63) is 21.9 Å². The fourth-order valence-corrected chi connectivity index (χ4v) is 5.09. The van der Waals surface area contributed by atoms with Crippen molar-refractivity contribution in [2.45, 2.75) is 38.6 Å². The lowest BCUT2D eigenvalue weighted by atomic mass is 9.82. The number of rotatable bonds is 3. The first kappa shape index (κ1) is 20.8. The highest BCUT2D eigenvalue weighted by molar-refractivity contribution is 7.12. The van der Waals surface area contributed by atoms with Crippen LogP contribution in [0, 0.1) is 12.8 Å². The normalized spacial score (nSPS) is 23.7. The molecule has 0 bridgehead atoms. The molecule has 1 saturated carbocycles. The van der Waals surface area contributed by atoms with Gasteiger partial charge in [0.2, 0.25) is 11.8 Å². The number of nitrogens with zero attached hydrogens (tertiary/aromatic N) is 2. The second kappa shape index (κ2) is 9.52. The average Bonchev–Trinajstić information content (AvgIpc) is 3.12. The van der Waals surface area contributed by atoms with Gasteiger partial charge in [0.15, 0.2) is 0 Å². The van der Waals surface area contributed by atoms with Gasteiger partial charge in [0.25, 0.3) is 5.91 Å². The highest BCUT2D eigenvalue weighted by Crippen LogP contribution is 2.29. The third kappa shape index (κ3) is 4.55. The van der Waals surface area contributed by atoms with Crippen molar-refractivity contribution >= 4 is 29.1 Å². The van der Waals surface area contributed by atoms with Crippen LogP contribution in [0.1, 0.15) is 40.9 Å². The van der Waals surface area contributed by atoms with E-state index in [0.29, 0.717) is 31.1 Å². The van der Waals surface area contributed by atoms with Crippen molar-refractivity contribution in [1.29, 1.82) is 0 Å². The predicted molar refractivity (Wildman–Crippen MR) is 107 cm³/mol. The van der Waals surface area contributed by atoms with Gasteiger partial charge in [-0.15, -0.1) is 11.3 Å². The van der Waals surface area contributed by atoms with Crippen molar-refractivity contribution in [2.75, 3.05) is 39.9 Å². The third-order valence-corrected chi connectivity index (χ3v) is 6.69. The summed E-state index contributed by atoms with van der Waals surface area (Å²) in [5.41, 5.74) is 0.954. The summed E-state index contributed by atoms with van der Waals surface area (Å²) in [7, 11) is 1.50. The summed E-state index contributed by atoms with van der Waals surface area (Å²) in [5, 5.41) is 4.90. The van der Waals surface area contributed by atoms with Crippen LogP contribution < -0.4 is 5.32 Å². The van der Waals surface area contributed by atoms with Crippen LogP contribution in [0.4, 0.5) is 0 Å². The number of carbonyl (C=O) groups is 3. The van der Waals surface area contributed by atoms with E-state index in [2.05, 4.69) is 5.32 Å². The molecular formula is C20H29N3O4S. The Morgan fingerprint density at radius 3 is 2.75 bits per heavy atom. The Morgan fingerprint density at radius 2 is 2.04 bits per heavy atom. The van der Waals surface area contributed by atoms with Gasteiger partial charge in [-0.25, -0.2) is 0 Å². The monoisotopic (exact) mass is 407 g/mol. The van der Waals surface area contributed by atoms with Gasteiger partial charge in [0.05, 0.1) is 10.8 Å². The molecule has 0 spiro atoms. The molecule has 0 aromatic carbocycles. The van der Waals surface area contributed by atoms with Gasteiger partial charge in [-0.2, -0.15) is 0 Å². The SMILES string of the molecule is COCC(=O)N1CCN(C(=O)c2sccc2C)CCNC(=O)[C@H]2CCCC[C@H]21. The molecule has 2 fully saturated rings. The smallest absolute Gasteiger partial charge is 0.264 e. The number of nitrogens with one attached hydrogen (secondary N) is 1. The molecule has 8 heteroatoms. The highest BCUT2D eigenvalue weighted by Gasteiger charge is 2.37. The molecule has 1 saturated heterocycles. The largest absolute Gasteiger partial charge is 0.375 e. The summed E-state index contributed by atoms with van der Waals surface area (Å²) in [6, 6.07) is 1.80. The van der Waals surface area contributed by atoms with Crippen molar-refractivity contribution in [1.82, 2.24) is 15.1 Å². The van der Waals surface area contributed by atoms with Crippen LogP contribution in [-0.4, -0.2) is 73.5 Å². The fraction of sp³-hybridized carbons (Fsp3) is 0.650. The van der Waals surface area contributed by atoms with Crippen LogP contribution in [-0.2, 0) is 14.3 Å². The zero-order valence-electron chi connectivity index (χ0n) is 16.6.